The predicted octanol–water partition coefficient (Wildman–Crippen LogP) is 3.19. The fourth-order valence-electron chi connectivity index (χ4n) is 1.85. The van der Waals surface area contributed by atoms with Crippen molar-refractivity contribution in [3.63, 3.8) is 0 Å². The van der Waals surface area contributed by atoms with Gasteiger partial charge in [-0.2, -0.15) is 0 Å². The van der Waals surface area contributed by atoms with E-state index in [9.17, 15) is 0 Å². The SMILES string of the molecule is CC1CC(C)(C)OB(/C=C/CCCCl)O1. The minimum Gasteiger partial charge on any atom is -0.405 e. The second-order valence-electron chi connectivity index (χ2n) is 4.66. The van der Waals surface area contributed by atoms with Gasteiger partial charge in [0, 0.05) is 12.0 Å². The molecular weight excluding hydrogens is 210 g/mol. The van der Waals surface area contributed by atoms with Gasteiger partial charge in [-0.15, -0.1) is 11.6 Å². The Morgan fingerprint density at radius 2 is 2.27 bits per heavy atom. The van der Waals surface area contributed by atoms with Crippen LogP contribution in [-0.2, 0) is 9.31 Å². The summed E-state index contributed by atoms with van der Waals surface area (Å²) in [5, 5.41) is 0. The van der Waals surface area contributed by atoms with Gasteiger partial charge >= 0.3 is 7.12 Å². The summed E-state index contributed by atoms with van der Waals surface area (Å²) in [5.74, 6) is 2.70. The normalized spacial score (nSPS) is 26.1. The Balaban J connectivity index is 2.38. The highest BCUT2D eigenvalue weighted by Crippen LogP contribution is 2.25. The molecule has 0 N–H and O–H groups in total. The molecule has 1 aliphatic rings. The molecule has 1 heterocycles. The van der Waals surface area contributed by atoms with E-state index >= 15 is 0 Å². The van der Waals surface area contributed by atoms with Crippen LogP contribution < -0.4 is 0 Å². The first-order chi connectivity index (χ1) is 7.03. The Hall–Kier alpha value is 0.0149. The predicted molar refractivity (Wildman–Crippen MR) is 65.2 cm³/mol. The van der Waals surface area contributed by atoms with Crippen molar-refractivity contribution in [3.05, 3.63) is 12.1 Å². The molecule has 1 aliphatic heterocycles. The van der Waals surface area contributed by atoms with Crippen molar-refractivity contribution in [2.24, 2.45) is 0 Å². The number of hydrogen-bond donors (Lipinski definition) is 0. The zero-order chi connectivity index (χ0) is 11.3. The minimum atomic E-state index is -0.195. The maximum atomic E-state index is 5.78. The maximum Gasteiger partial charge on any atom is 0.486 e. The molecule has 1 unspecified atom stereocenters. The molecule has 86 valence electrons. The standard InChI is InChI=1S/C11H20BClO2/c1-10-9-11(2,3)15-12(14-10)7-5-4-6-8-13/h5,7,10H,4,6,8-9H2,1-3H3/b7-5+. The average Bonchev–Trinajstić information content (AvgIpc) is 2.09. The second-order valence-corrected chi connectivity index (χ2v) is 5.03. The minimum absolute atomic E-state index is 0.0842. The fraction of sp³-hybridized carbons (Fsp3) is 0.818. The van der Waals surface area contributed by atoms with Gasteiger partial charge in [0.25, 0.3) is 0 Å². The van der Waals surface area contributed by atoms with E-state index in [1.54, 1.807) is 0 Å². The number of rotatable bonds is 4. The second kappa shape index (κ2) is 5.93. The van der Waals surface area contributed by atoms with Crippen LogP contribution in [0.5, 0.6) is 0 Å². The molecule has 1 atom stereocenters. The third kappa shape index (κ3) is 5.05. The first-order valence-electron chi connectivity index (χ1n) is 5.59. The lowest BCUT2D eigenvalue weighted by Gasteiger charge is -2.37. The van der Waals surface area contributed by atoms with E-state index in [2.05, 4.69) is 26.8 Å². The average molecular weight is 231 g/mol. The van der Waals surface area contributed by atoms with E-state index in [0.717, 1.165) is 19.3 Å². The molecule has 0 bridgehead atoms. The Morgan fingerprint density at radius 3 is 2.87 bits per heavy atom. The van der Waals surface area contributed by atoms with E-state index in [1.165, 1.54) is 0 Å². The summed E-state index contributed by atoms with van der Waals surface area (Å²) in [6.45, 7) is 6.29. The highest BCUT2D eigenvalue weighted by atomic mass is 35.5. The summed E-state index contributed by atoms with van der Waals surface area (Å²) in [4.78, 5) is 0. The molecule has 4 heteroatoms. The van der Waals surface area contributed by atoms with Crippen LogP contribution in [0.15, 0.2) is 12.1 Å². The van der Waals surface area contributed by atoms with Gasteiger partial charge in [0.05, 0.1) is 5.60 Å². The van der Waals surface area contributed by atoms with Gasteiger partial charge in [0.1, 0.15) is 0 Å². The molecule has 0 aliphatic carbocycles. The van der Waals surface area contributed by atoms with Gasteiger partial charge in [-0.25, -0.2) is 0 Å². The van der Waals surface area contributed by atoms with Crippen LogP contribution in [0, 0.1) is 0 Å². The van der Waals surface area contributed by atoms with Gasteiger partial charge in [-0.3, -0.25) is 0 Å². The number of hydrogen-bond acceptors (Lipinski definition) is 2. The Bertz CT molecular complexity index is 219. The van der Waals surface area contributed by atoms with Crippen LogP contribution in [0.4, 0.5) is 0 Å². The summed E-state index contributed by atoms with van der Waals surface area (Å²) >= 11 is 5.60. The van der Waals surface area contributed by atoms with E-state index in [4.69, 9.17) is 20.9 Å². The van der Waals surface area contributed by atoms with Crippen molar-refractivity contribution in [3.8, 4) is 0 Å². The number of allylic oxidation sites excluding steroid dienone is 1. The van der Waals surface area contributed by atoms with Gasteiger partial charge in [-0.1, -0.05) is 12.1 Å². The molecule has 0 saturated carbocycles. The molecule has 1 saturated heterocycles. The number of halogens is 1. The lowest BCUT2D eigenvalue weighted by molar-refractivity contribution is -0.0236. The Labute approximate surface area is 98.1 Å². The van der Waals surface area contributed by atoms with Gasteiger partial charge in [-0.05, 0) is 40.0 Å². The summed E-state index contributed by atoms with van der Waals surface area (Å²) in [7, 11) is -0.195. The largest absolute Gasteiger partial charge is 0.486 e. The molecule has 0 amide bonds. The summed E-state index contributed by atoms with van der Waals surface area (Å²) in [5.41, 5.74) is -0.0842. The van der Waals surface area contributed by atoms with Crippen LogP contribution in [0.1, 0.15) is 40.0 Å². The topological polar surface area (TPSA) is 18.5 Å². The molecule has 1 fully saturated rings. The fourth-order valence-corrected chi connectivity index (χ4v) is 2.00. The molecule has 1 rings (SSSR count). The van der Waals surface area contributed by atoms with Gasteiger partial charge in [0.2, 0.25) is 0 Å². The molecule has 15 heavy (non-hydrogen) atoms. The van der Waals surface area contributed by atoms with Gasteiger partial charge in [0.15, 0.2) is 0 Å². The van der Waals surface area contributed by atoms with E-state index in [0.29, 0.717) is 5.88 Å². The summed E-state index contributed by atoms with van der Waals surface area (Å²) in [6, 6.07) is 0. The molecule has 0 aromatic carbocycles. The first-order valence-corrected chi connectivity index (χ1v) is 6.13. The molecule has 2 nitrogen and oxygen atoms in total. The first kappa shape index (κ1) is 13.1. The maximum absolute atomic E-state index is 5.78. The molecule has 0 aromatic heterocycles. The zero-order valence-corrected chi connectivity index (χ0v) is 10.6. The van der Waals surface area contributed by atoms with Crippen molar-refractivity contribution in [2.45, 2.75) is 51.7 Å². The van der Waals surface area contributed by atoms with Crippen molar-refractivity contribution in [2.75, 3.05) is 5.88 Å². The van der Waals surface area contributed by atoms with Crippen molar-refractivity contribution < 1.29 is 9.31 Å². The van der Waals surface area contributed by atoms with E-state index < -0.39 is 0 Å². The van der Waals surface area contributed by atoms with Crippen molar-refractivity contribution in [1.29, 1.82) is 0 Å². The lowest BCUT2D eigenvalue weighted by Crippen LogP contribution is -2.45. The van der Waals surface area contributed by atoms with E-state index in [1.807, 2.05) is 5.98 Å². The van der Waals surface area contributed by atoms with E-state index in [-0.39, 0.29) is 18.8 Å². The van der Waals surface area contributed by atoms with Gasteiger partial charge < -0.3 is 9.31 Å². The highest BCUT2D eigenvalue weighted by molar-refractivity contribution is 6.51. The third-order valence-electron chi connectivity index (χ3n) is 2.38. The number of unbranched alkanes of at least 4 members (excludes halogenated alkanes) is 1. The Morgan fingerprint density at radius 1 is 1.53 bits per heavy atom. The van der Waals surface area contributed by atoms with Crippen molar-refractivity contribution >= 4 is 18.7 Å². The summed E-state index contributed by atoms with van der Waals surface area (Å²) < 4.78 is 11.4. The lowest BCUT2D eigenvalue weighted by atomic mass is 9.82. The molecular formula is C11H20BClO2. The molecule has 0 aromatic rings. The van der Waals surface area contributed by atoms with Crippen LogP contribution >= 0.6 is 11.6 Å². The summed E-state index contributed by atoms with van der Waals surface area (Å²) in [6.07, 6.45) is 5.28. The van der Waals surface area contributed by atoms with Crippen LogP contribution in [0.3, 0.4) is 0 Å². The molecule has 0 radical (unpaired) electrons. The third-order valence-corrected chi connectivity index (χ3v) is 2.65. The van der Waals surface area contributed by atoms with Crippen LogP contribution in [-0.4, -0.2) is 24.7 Å². The quantitative estimate of drug-likeness (QED) is 0.419. The monoisotopic (exact) mass is 230 g/mol. The van der Waals surface area contributed by atoms with Crippen LogP contribution in [0.2, 0.25) is 0 Å². The number of alkyl halides is 1. The van der Waals surface area contributed by atoms with Crippen LogP contribution in [0.25, 0.3) is 0 Å². The zero-order valence-electron chi connectivity index (χ0n) is 9.83. The molecule has 0 spiro atoms. The highest BCUT2D eigenvalue weighted by Gasteiger charge is 2.35. The van der Waals surface area contributed by atoms with Crippen molar-refractivity contribution in [1.82, 2.24) is 0 Å². The Kier molecular flexibility index (Phi) is 5.17. The smallest absolute Gasteiger partial charge is 0.405 e.